The van der Waals surface area contributed by atoms with Crippen LogP contribution in [0.4, 0.5) is 0 Å². The lowest BCUT2D eigenvalue weighted by Crippen LogP contribution is -2.37. The summed E-state index contributed by atoms with van der Waals surface area (Å²) in [6.45, 7) is 3.91. The van der Waals surface area contributed by atoms with Gasteiger partial charge in [0.2, 0.25) is 0 Å². The van der Waals surface area contributed by atoms with Crippen LogP contribution < -0.4 is 4.74 Å². The van der Waals surface area contributed by atoms with Crippen molar-refractivity contribution in [3.63, 3.8) is 0 Å². The number of nitrogens with zero attached hydrogens (tertiary/aromatic N) is 1. The van der Waals surface area contributed by atoms with E-state index in [9.17, 15) is 19.0 Å². The number of quaternary nitrogens is 1. The van der Waals surface area contributed by atoms with E-state index in [1.165, 1.54) is 0 Å². The molecular formula is C18H24I3NO9P+. The average molecular weight is 810 g/mol. The molecule has 10 nitrogen and oxygen atoms in total. The molecule has 2 atom stereocenters. The number of carbonyl (C=O) groups is 2. The second kappa shape index (κ2) is 13.9. The molecule has 14 heteroatoms. The molecule has 180 valence electrons. The molecule has 0 aliphatic carbocycles. The van der Waals surface area contributed by atoms with Crippen LogP contribution in [0.3, 0.4) is 0 Å². The number of ether oxygens (including phenoxy) is 3. The van der Waals surface area contributed by atoms with Crippen molar-refractivity contribution in [2.45, 2.75) is 6.10 Å². The summed E-state index contributed by atoms with van der Waals surface area (Å²) in [5, 5.41) is 0. The van der Waals surface area contributed by atoms with Crippen molar-refractivity contribution in [1.82, 2.24) is 0 Å². The zero-order chi connectivity index (χ0) is 24.5. The molecule has 0 saturated heterocycles. The summed E-state index contributed by atoms with van der Waals surface area (Å²) in [4.78, 5) is 32.9. The molecule has 0 spiro atoms. The standard InChI is InChI=1S/C18H23I3NO9P/c1-12(23)27-9-14(10-30-32(25,26)29-6-5-22(2,3)4)31-17(24)11-28-18-15(20)7-13(19)8-16(18)21/h1,7-8,14H,5-6,9-11H2,2-4H3/p+1/t14-/m1/s1. The van der Waals surface area contributed by atoms with Gasteiger partial charge in [-0.1, -0.05) is 0 Å². The SMILES string of the molecule is [CH]C(=O)OC[C@H](COP(=O)(O)OCC[N+](C)(C)C)OC(=O)COc1c(I)cc(I)cc1I. The molecule has 0 amide bonds. The summed E-state index contributed by atoms with van der Waals surface area (Å²) in [5.74, 6) is -1.37. The minimum absolute atomic E-state index is 0.0271. The highest BCUT2D eigenvalue weighted by Gasteiger charge is 2.27. The smallest absolute Gasteiger partial charge is 0.472 e. The maximum atomic E-state index is 12.2. The second-order valence-corrected chi connectivity index (χ2v) is 12.4. The Morgan fingerprint density at radius 2 is 1.72 bits per heavy atom. The van der Waals surface area contributed by atoms with Crippen LogP contribution in [0, 0.1) is 17.6 Å². The van der Waals surface area contributed by atoms with Gasteiger partial charge in [-0.3, -0.25) is 13.8 Å². The number of phosphoric ester groups is 1. The third-order valence-electron chi connectivity index (χ3n) is 3.45. The maximum Gasteiger partial charge on any atom is 0.472 e. The number of rotatable bonds is 13. The van der Waals surface area contributed by atoms with Crippen molar-refractivity contribution in [3.05, 3.63) is 29.8 Å². The van der Waals surface area contributed by atoms with E-state index in [1.54, 1.807) is 0 Å². The molecule has 1 rings (SSSR count). The first-order chi connectivity index (χ1) is 14.7. The highest BCUT2D eigenvalue weighted by molar-refractivity contribution is 14.1. The molecule has 0 fully saturated rings. The number of likely N-dealkylation sites (N-methyl/N-ethyl adjacent to an activating group) is 1. The van der Waals surface area contributed by atoms with Gasteiger partial charge >= 0.3 is 19.8 Å². The predicted octanol–water partition coefficient (Wildman–Crippen LogP) is 2.89. The Kier molecular flexibility index (Phi) is 13.2. The lowest BCUT2D eigenvalue weighted by atomic mass is 10.3. The number of carbonyl (C=O) groups excluding carboxylic acids is 2. The lowest BCUT2D eigenvalue weighted by molar-refractivity contribution is -0.870. The van der Waals surface area contributed by atoms with Gasteiger partial charge in [0, 0.05) is 3.57 Å². The number of hydrogen-bond acceptors (Lipinski definition) is 8. The molecule has 1 N–H and O–H groups in total. The van der Waals surface area contributed by atoms with E-state index in [0.29, 0.717) is 16.8 Å². The number of esters is 2. The minimum atomic E-state index is -4.41. The van der Waals surface area contributed by atoms with E-state index in [1.807, 2.05) is 33.3 Å². The molecule has 1 unspecified atom stereocenters. The Hall–Kier alpha value is 0.220. The molecule has 32 heavy (non-hydrogen) atoms. The topological polar surface area (TPSA) is 118 Å². The first kappa shape index (κ1) is 30.3. The van der Waals surface area contributed by atoms with E-state index in [0.717, 1.165) is 10.7 Å². The van der Waals surface area contributed by atoms with Crippen molar-refractivity contribution < 1.29 is 46.8 Å². The first-order valence-corrected chi connectivity index (χ1v) is 13.7. The van der Waals surface area contributed by atoms with Gasteiger partial charge in [0.05, 0.1) is 41.8 Å². The molecule has 0 saturated carbocycles. The van der Waals surface area contributed by atoms with Crippen LogP contribution in [0.25, 0.3) is 0 Å². The van der Waals surface area contributed by atoms with Gasteiger partial charge in [-0.15, -0.1) is 0 Å². The zero-order valence-corrected chi connectivity index (χ0v) is 25.0. The molecule has 0 aliphatic heterocycles. The molecule has 0 heterocycles. The highest BCUT2D eigenvalue weighted by atomic mass is 127. The van der Waals surface area contributed by atoms with Gasteiger partial charge < -0.3 is 23.6 Å². The predicted molar refractivity (Wildman–Crippen MR) is 140 cm³/mol. The number of phosphoric acid groups is 1. The molecule has 0 aromatic heterocycles. The second-order valence-electron chi connectivity index (χ2n) is 7.34. The molecular weight excluding hydrogens is 786 g/mol. The molecule has 0 bridgehead atoms. The van der Waals surface area contributed by atoms with Gasteiger partial charge in [-0.2, -0.15) is 0 Å². The summed E-state index contributed by atoms with van der Waals surface area (Å²) in [6, 6.07) is 3.78. The zero-order valence-electron chi connectivity index (χ0n) is 17.6. The van der Waals surface area contributed by atoms with Gasteiger partial charge in [0.25, 0.3) is 0 Å². The van der Waals surface area contributed by atoms with Crippen LogP contribution in [0.5, 0.6) is 5.75 Å². The Labute approximate surface area is 228 Å². The van der Waals surface area contributed by atoms with E-state index >= 15 is 0 Å². The Morgan fingerprint density at radius 1 is 1.12 bits per heavy atom. The third kappa shape index (κ3) is 13.2. The Balaban J connectivity index is 2.65. The van der Waals surface area contributed by atoms with Crippen molar-refractivity contribution in [3.8, 4) is 5.75 Å². The van der Waals surface area contributed by atoms with E-state index in [-0.39, 0.29) is 6.61 Å². The quantitative estimate of drug-likeness (QED) is 0.139. The monoisotopic (exact) mass is 810 g/mol. The van der Waals surface area contributed by atoms with Crippen molar-refractivity contribution in [2.24, 2.45) is 0 Å². The fourth-order valence-corrected chi connectivity index (χ4v) is 6.59. The van der Waals surface area contributed by atoms with Crippen molar-refractivity contribution in [1.29, 1.82) is 0 Å². The molecule has 1 aromatic carbocycles. The average Bonchev–Trinajstić information content (AvgIpc) is 2.61. The molecule has 1 aromatic rings. The lowest BCUT2D eigenvalue weighted by Gasteiger charge is -2.24. The van der Waals surface area contributed by atoms with Crippen LogP contribution in [-0.2, 0) is 32.7 Å². The van der Waals surface area contributed by atoms with Crippen LogP contribution in [0.2, 0.25) is 0 Å². The first-order valence-electron chi connectivity index (χ1n) is 9.00. The Bertz CT molecular complexity index is 824. The summed E-state index contributed by atoms with van der Waals surface area (Å²) in [7, 11) is 1.27. The summed E-state index contributed by atoms with van der Waals surface area (Å²) >= 11 is 6.35. The van der Waals surface area contributed by atoms with Gasteiger partial charge in [-0.05, 0) is 79.9 Å². The summed E-state index contributed by atoms with van der Waals surface area (Å²) < 4.78 is 40.3. The fourth-order valence-electron chi connectivity index (χ4n) is 1.95. The number of hydrogen-bond donors (Lipinski definition) is 1. The fraction of sp³-hybridized carbons (Fsp3) is 0.500. The third-order valence-corrected chi connectivity index (χ3v) is 6.66. The van der Waals surface area contributed by atoms with Gasteiger partial charge in [0.15, 0.2) is 12.7 Å². The Morgan fingerprint density at radius 3 is 2.25 bits per heavy atom. The largest absolute Gasteiger partial charge is 0.480 e. The van der Waals surface area contributed by atoms with Gasteiger partial charge in [-0.25, -0.2) is 9.36 Å². The van der Waals surface area contributed by atoms with Crippen LogP contribution >= 0.6 is 75.6 Å². The van der Waals surface area contributed by atoms with E-state index < -0.39 is 45.7 Å². The molecule has 0 aliphatic rings. The number of halogens is 3. The maximum absolute atomic E-state index is 12.2. The minimum Gasteiger partial charge on any atom is -0.480 e. The normalized spacial score (nSPS) is 14.4. The van der Waals surface area contributed by atoms with Crippen LogP contribution in [0.1, 0.15) is 0 Å². The summed E-state index contributed by atoms with van der Waals surface area (Å²) in [6.07, 6.45) is -1.20. The van der Waals surface area contributed by atoms with E-state index in [2.05, 4.69) is 72.5 Å². The van der Waals surface area contributed by atoms with Crippen LogP contribution in [0.15, 0.2) is 12.1 Å². The van der Waals surface area contributed by atoms with Crippen molar-refractivity contribution in [2.75, 3.05) is 54.1 Å². The van der Waals surface area contributed by atoms with Gasteiger partial charge in [0.1, 0.15) is 25.5 Å². The summed E-state index contributed by atoms with van der Waals surface area (Å²) in [5.41, 5.74) is 0. The highest BCUT2D eigenvalue weighted by Crippen LogP contribution is 2.43. The molecule has 2 radical (unpaired) electrons. The van der Waals surface area contributed by atoms with Crippen LogP contribution in [-0.4, -0.2) is 81.5 Å². The van der Waals surface area contributed by atoms with E-state index in [4.69, 9.17) is 25.4 Å². The van der Waals surface area contributed by atoms with Crippen molar-refractivity contribution >= 4 is 87.5 Å². The number of benzene rings is 1.